The number of aromatic nitrogens is 1. The molecule has 0 aliphatic carbocycles. The summed E-state index contributed by atoms with van der Waals surface area (Å²) in [5.74, 6) is 0. The van der Waals surface area contributed by atoms with Gasteiger partial charge in [-0.15, -0.1) is 0 Å². The fourth-order valence-corrected chi connectivity index (χ4v) is 2.53. The van der Waals surface area contributed by atoms with Crippen LogP contribution in [0, 0.1) is 0 Å². The second-order valence-electron chi connectivity index (χ2n) is 4.51. The SMILES string of the molecule is Brc1ccc(N=Cc2cccn2-c2ccc(Br)cc2)cc1. The smallest absolute Gasteiger partial charge is 0.0639 e. The largest absolute Gasteiger partial charge is 0.316 e. The van der Waals surface area contributed by atoms with Crippen LogP contribution in [0.1, 0.15) is 5.69 Å². The molecule has 0 amide bonds. The Bertz CT molecular complexity index is 756. The van der Waals surface area contributed by atoms with E-state index in [1.165, 1.54) is 0 Å². The Labute approximate surface area is 140 Å². The van der Waals surface area contributed by atoms with Crippen LogP contribution in [0.3, 0.4) is 0 Å². The molecule has 0 saturated carbocycles. The maximum atomic E-state index is 4.52. The van der Waals surface area contributed by atoms with Gasteiger partial charge in [0.15, 0.2) is 0 Å². The van der Waals surface area contributed by atoms with E-state index in [0.717, 1.165) is 26.0 Å². The molecule has 0 fully saturated rings. The van der Waals surface area contributed by atoms with Crippen LogP contribution in [0.4, 0.5) is 5.69 Å². The van der Waals surface area contributed by atoms with Gasteiger partial charge in [-0.05, 0) is 60.7 Å². The van der Waals surface area contributed by atoms with Gasteiger partial charge in [-0.1, -0.05) is 31.9 Å². The number of nitrogens with zero attached hydrogens (tertiary/aromatic N) is 2. The van der Waals surface area contributed by atoms with E-state index >= 15 is 0 Å². The van der Waals surface area contributed by atoms with E-state index in [0.29, 0.717) is 0 Å². The third-order valence-electron chi connectivity index (χ3n) is 3.06. The van der Waals surface area contributed by atoms with Gasteiger partial charge in [-0.3, -0.25) is 4.99 Å². The van der Waals surface area contributed by atoms with Crippen molar-refractivity contribution in [2.24, 2.45) is 4.99 Å². The first-order valence-corrected chi connectivity index (χ1v) is 8.04. The molecule has 1 aromatic heterocycles. The highest BCUT2D eigenvalue weighted by molar-refractivity contribution is 9.10. The molecule has 0 spiro atoms. The van der Waals surface area contributed by atoms with Crippen molar-refractivity contribution in [1.82, 2.24) is 4.57 Å². The van der Waals surface area contributed by atoms with Crippen LogP contribution in [-0.4, -0.2) is 10.8 Å². The van der Waals surface area contributed by atoms with Crippen molar-refractivity contribution < 1.29 is 0 Å². The molecule has 0 atom stereocenters. The first kappa shape index (κ1) is 14.3. The number of hydrogen-bond acceptors (Lipinski definition) is 1. The van der Waals surface area contributed by atoms with Gasteiger partial charge in [-0.2, -0.15) is 0 Å². The Hall–Kier alpha value is -1.65. The van der Waals surface area contributed by atoms with Crippen molar-refractivity contribution in [2.45, 2.75) is 0 Å². The summed E-state index contributed by atoms with van der Waals surface area (Å²) in [6, 6.07) is 20.2. The quantitative estimate of drug-likeness (QED) is 0.495. The van der Waals surface area contributed by atoms with Gasteiger partial charge < -0.3 is 4.57 Å². The van der Waals surface area contributed by atoms with Crippen molar-refractivity contribution >= 4 is 43.8 Å². The summed E-state index contributed by atoms with van der Waals surface area (Å²) in [7, 11) is 0. The van der Waals surface area contributed by atoms with Gasteiger partial charge >= 0.3 is 0 Å². The molecule has 0 saturated heterocycles. The lowest BCUT2D eigenvalue weighted by molar-refractivity contribution is 1.07. The summed E-state index contributed by atoms with van der Waals surface area (Å²) in [6.45, 7) is 0. The van der Waals surface area contributed by atoms with Crippen molar-refractivity contribution in [3.05, 3.63) is 81.5 Å². The summed E-state index contributed by atoms with van der Waals surface area (Å²) in [5.41, 5.74) is 3.09. The number of aliphatic imine (C=N–C) groups is 1. The summed E-state index contributed by atoms with van der Waals surface area (Å²) >= 11 is 6.88. The first-order chi connectivity index (χ1) is 10.2. The molecule has 2 nitrogen and oxygen atoms in total. The molecule has 0 aliphatic heterocycles. The van der Waals surface area contributed by atoms with E-state index in [1.54, 1.807) is 0 Å². The van der Waals surface area contributed by atoms with Gasteiger partial charge in [-0.25, -0.2) is 0 Å². The van der Waals surface area contributed by atoms with Crippen molar-refractivity contribution in [2.75, 3.05) is 0 Å². The highest BCUT2D eigenvalue weighted by Gasteiger charge is 2.01. The maximum absolute atomic E-state index is 4.52. The second kappa shape index (κ2) is 6.41. The predicted octanol–water partition coefficient (Wildman–Crippen LogP) is 5.75. The van der Waals surface area contributed by atoms with E-state index in [1.807, 2.05) is 60.9 Å². The molecule has 0 radical (unpaired) electrons. The minimum Gasteiger partial charge on any atom is -0.316 e. The van der Waals surface area contributed by atoms with Crippen LogP contribution in [0.5, 0.6) is 0 Å². The lowest BCUT2D eigenvalue weighted by Gasteiger charge is -2.06. The van der Waals surface area contributed by atoms with Crippen LogP contribution in [0.15, 0.2) is 80.8 Å². The highest BCUT2D eigenvalue weighted by atomic mass is 79.9. The third kappa shape index (κ3) is 3.52. The number of benzene rings is 2. The van der Waals surface area contributed by atoms with E-state index in [-0.39, 0.29) is 0 Å². The van der Waals surface area contributed by atoms with Crippen LogP contribution in [-0.2, 0) is 0 Å². The Balaban J connectivity index is 1.88. The van der Waals surface area contributed by atoms with Gasteiger partial charge in [0.2, 0.25) is 0 Å². The Morgan fingerprint density at radius 1 is 0.810 bits per heavy atom. The zero-order valence-electron chi connectivity index (χ0n) is 11.1. The Morgan fingerprint density at radius 2 is 1.43 bits per heavy atom. The van der Waals surface area contributed by atoms with Gasteiger partial charge in [0, 0.05) is 20.8 Å². The molecule has 4 heteroatoms. The summed E-state index contributed by atoms with van der Waals surface area (Å²) < 4.78 is 4.23. The molecular weight excluding hydrogens is 392 g/mol. The minimum absolute atomic E-state index is 0.932. The average Bonchev–Trinajstić information content (AvgIpc) is 2.96. The van der Waals surface area contributed by atoms with E-state index in [2.05, 4.69) is 53.6 Å². The standard InChI is InChI=1S/C17H12Br2N2/c18-13-3-7-15(8-4-13)20-12-17-2-1-11-21(17)16-9-5-14(19)6-10-16/h1-12H. The zero-order chi connectivity index (χ0) is 14.7. The second-order valence-corrected chi connectivity index (χ2v) is 6.35. The highest BCUT2D eigenvalue weighted by Crippen LogP contribution is 2.18. The molecule has 0 N–H and O–H groups in total. The topological polar surface area (TPSA) is 17.3 Å². The van der Waals surface area contributed by atoms with Crippen LogP contribution in [0.2, 0.25) is 0 Å². The number of halogens is 2. The minimum atomic E-state index is 0.932. The molecule has 0 unspecified atom stereocenters. The molecule has 0 bridgehead atoms. The lowest BCUT2D eigenvalue weighted by Crippen LogP contribution is -1.97. The van der Waals surface area contributed by atoms with Gasteiger partial charge in [0.05, 0.1) is 17.6 Å². The third-order valence-corrected chi connectivity index (χ3v) is 4.11. The molecule has 21 heavy (non-hydrogen) atoms. The molecule has 2 aromatic carbocycles. The maximum Gasteiger partial charge on any atom is 0.0639 e. The van der Waals surface area contributed by atoms with Crippen LogP contribution >= 0.6 is 31.9 Å². The monoisotopic (exact) mass is 402 g/mol. The van der Waals surface area contributed by atoms with E-state index in [4.69, 9.17) is 0 Å². The first-order valence-electron chi connectivity index (χ1n) is 6.45. The van der Waals surface area contributed by atoms with Crippen LogP contribution < -0.4 is 0 Å². The lowest BCUT2D eigenvalue weighted by atomic mass is 10.3. The predicted molar refractivity (Wildman–Crippen MR) is 94.9 cm³/mol. The number of hydrogen-bond donors (Lipinski definition) is 0. The normalized spacial score (nSPS) is 11.1. The fourth-order valence-electron chi connectivity index (χ4n) is 2.00. The summed E-state index contributed by atoms with van der Waals surface area (Å²) in [6.07, 6.45) is 3.91. The molecule has 0 aliphatic rings. The van der Waals surface area contributed by atoms with E-state index in [9.17, 15) is 0 Å². The van der Waals surface area contributed by atoms with Gasteiger partial charge in [0.1, 0.15) is 0 Å². The van der Waals surface area contributed by atoms with Crippen LogP contribution in [0.25, 0.3) is 5.69 Å². The summed E-state index contributed by atoms with van der Waals surface area (Å²) in [5, 5.41) is 0. The Morgan fingerprint density at radius 3 is 2.10 bits per heavy atom. The molecule has 3 aromatic rings. The molecule has 1 heterocycles. The van der Waals surface area contributed by atoms with Crippen molar-refractivity contribution in [3.8, 4) is 5.69 Å². The van der Waals surface area contributed by atoms with Gasteiger partial charge in [0.25, 0.3) is 0 Å². The average molecular weight is 404 g/mol. The zero-order valence-corrected chi connectivity index (χ0v) is 14.3. The molecular formula is C17H12Br2N2. The Kier molecular flexibility index (Phi) is 4.36. The van der Waals surface area contributed by atoms with Crippen molar-refractivity contribution in [1.29, 1.82) is 0 Å². The number of rotatable bonds is 3. The molecule has 3 rings (SSSR count). The van der Waals surface area contributed by atoms with Crippen molar-refractivity contribution in [3.63, 3.8) is 0 Å². The fraction of sp³-hybridized carbons (Fsp3) is 0. The molecule has 104 valence electrons. The summed E-state index contributed by atoms with van der Waals surface area (Å²) in [4.78, 5) is 4.52. The van der Waals surface area contributed by atoms with E-state index < -0.39 is 0 Å².